The molecule has 2 atom stereocenters. The Labute approximate surface area is 217 Å². The van der Waals surface area contributed by atoms with Crippen LogP contribution in [0.4, 0.5) is 14.5 Å². The summed E-state index contributed by atoms with van der Waals surface area (Å²) in [7, 11) is 0. The summed E-state index contributed by atoms with van der Waals surface area (Å²) >= 11 is 1.19. The highest BCUT2D eigenvalue weighted by atomic mass is 32.2. The molecule has 188 valence electrons. The highest BCUT2D eigenvalue weighted by Crippen LogP contribution is 2.38. The van der Waals surface area contributed by atoms with Crippen LogP contribution in [0.15, 0.2) is 82.9 Å². The maximum Gasteiger partial charge on any atom is 0.262 e. The molecule has 9 heteroatoms. The molecule has 0 saturated heterocycles. The molecule has 0 aliphatic carbocycles. The molecule has 1 N–H and O–H groups in total. The van der Waals surface area contributed by atoms with Crippen LogP contribution < -0.4 is 5.32 Å². The quantitative estimate of drug-likeness (QED) is 0.454. The molecule has 0 bridgehead atoms. The number of anilines is 1. The van der Waals surface area contributed by atoms with Gasteiger partial charge in [-0.3, -0.25) is 9.59 Å². The molecule has 0 unspecified atom stereocenters. The third-order valence-electron chi connectivity index (χ3n) is 6.29. The lowest BCUT2D eigenvalue weighted by Gasteiger charge is -2.23. The van der Waals surface area contributed by atoms with Crippen molar-refractivity contribution in [2.45, 2.75) is 37.5 Å². The second-order valence-electron chi connectivity index (χ2n) is 8.79. The van der Waals surface area contributed by atoms with E-state index in [0.29, 0.717) is 11.6 Å². The molecule has 2 amide bonds. The third-order valence-corrected chi connectivity index (χ3v) is 7.43. The summed E-state index contributed by atoms with van der Waals surface area (Å²) in [5, 5.41) is 8.83. The number of benzene rings is 3. The van der Waals surface area contributed by atoms with Gasteiger partial charge in [-0.15, -0.1) is 0 Å². The third kappa shape index (κ3) is 5.46. The Bertz CT molecular complexity index is 1390. The van der Waals surface area contributed by atoms with Crippen molar-refractivity contribution >= 4 is 40.1 Å². The van der Waals surface area contributed by atoms with E-state index >= 15 is 0 Å². The van der Waals surface area contributed by atoms with Gasteiger partial charge in [-0.25, -0.2) is 13.8 Å². The van der Waals surface area contributed by atoms with Crippen LogP contribution in [-0.2, 0) is 16.0 Å². The molecule has 0 saturated carbocycles. The molecule has 0 fully saturated rings. The Kier molecular flexibility index (Phi) is 7.14. The molecular weight excluding hydrogens is 494 g/mol. The number of amides is 2. The first-order valence-electron chi connectivity index (χ1n) is 12.0. The predicted octanol–water partition coefficient (Wildman–Crippen LogP) is 5.71. The topological polar surface area (TPSA) is 74.1 Å². The molecule has 2 heterocycles. The minimum atomic E-state index is -1.06. The van der Waals surface area contributed by atoms with Gasteiger partial charge in [0.05, 0.1) is 11.8 Å². The Morgan fingerprint density at radius 3 is 2.51 bits per heavy atom. The van der Waals surface area contributed by atoms with Crippen LogP contribution in [0.5, 0.6) is 0 Å². The van der Waals surface area contributed by atoms with Gasteiger partial charge in [0.1, 0.15) is 5.25 Å². The zero-order valence-corrected chi connectivity index (χ0v) is 20.8. The highest BCUT2D eigenvalue weighted by molar-refractivity contribution is 8.15. The summed E-state index contributed by atoms with van der Waals surface area (Å²) in [6.45, 7) is 2.10. The van der Waals surface area contributed by atoms with Crippen LogP contribution in [0.1, 0.15) is 42.5 Å². The van der Waals surface area contributed by atoms with Crippen LogP contribution in [0.25, 0.3) is 0 Å². The number of hydrogen-bond acceptors (Lipinski definition) is 5. The summed E-state index contributed by atoms with van der Waals surface area (Å²) < 4.78 is 26.6. The Morgan fingerprint density at radius 2 is 1.81 bits per heavy atom. The monoisotopic (exact) mass is 518 g/mol. The lowest BCUT2D eigenvalue weighted by Crippen LogP contribution is -2.25. The van der Waals surface area contributed by atoms with Crippen LogP contribution in [0, 0.1) is 11.6 Å². The standard InChI is InChI=1S/C28H24F2N4O2S/c1-2-17-8-10-19(11-9-17)24-15-23(18-6-4-3-5-7-18)33-34(24)28-32-27(36)25(37-28)16-26(35)31-20-12-13-21(29)22(30)14-20/h3-14,24-25H,2,15-16H2,1H3,(H,31,35)/t24-,25-/m0/s1. The fourth-order valence-corrected chi connectivity index (χ4v) is 5.35. The van der Waals surface area contributed by atoms with Crippen molar-refractivity contribution in [3.8, 4) is 0 Å². The summed E-state index contributed by atoms with van der Waals surface area (Å²) in [4.78, 5) is 29.5. The van der Waals surface area contributed by atoms with Crippen molar-refractivity contribution in [3.63, 3.8) is 0 Å². The van der Waals surface area contributed by atoms with Crippen molar-refractivity contribution in [2.24, 2.45) is 10.1 Å². The fourth-order valence-electron chi connectivity index (χ4n) is 4.29. The molecule has 0 radical (unpaired) electrons. The zero-order valence-electron chi connectivity index (χ0n) is 20.0. The van der Waals surface area contributed by atoms with E-state index in [4.69, 9.17) is 5.10 Å². The Hall–Kier alpha value is -3.85. The Balaban J connectivity index is 1.34. The number of halogens is 2. The zero-order chi connectivity index (χ0) is 25.9. The molecule has 2 aliphatic rings. The van der Waals surface area contributed by atoms with Crippen molar-refractivity contribution in [3.05, 3.63) is 101 Å². The molecule has 37 heavy (non-hydrogen) atoms. The van der Waals surface area contributed by atoms with E-state index in [1.54, 1.807) is 5.01 Å². The van der Waals surface area contributed by atoms with Gasteiger partial charge in [0, 0.05) is 24.6 Å². The van der Waals surface area contributed by atoms with Crippen LogP contribution in [0.3, 0.4) is 0 Å². The largest absolute Gasteiger partial charge is 0.326 e. The van der Waals surface area contributed by atoms with Crippen LogP contribution in [-0.4, -0.2) is 33.0 Å². The highest BCUT2D eigenvalue weighted by Gasteiger charge is 2.39. The number of carbonyl (C=O) groups is 2. The molecular formula is C28H24F2N4O2S. The smallest absolute Gasteiger partial charge is 0.262 e. The maximum absolute atomic E-state index is 13.5. The second kappa shape index (κ2) is 10.6. The number of aliphatic imine (C=N–C) groups is 1. The van der Waals surface area contributed by atoms with E-state index < -0.39 is 28.7 Å². The number of hydrogen-bond donors (Lipinski definition) is 1. The average molecular weight is 519 g/mol. The van der Waals surface area contributed by atoms with Gasteiger partial charge < -0.3 is 5.32 Å². The van der Waals surface area contributed by atoms with E-state index in [-0.39, 0.29) is 18.2 Å². The number of hydrazone groups is 1. The lowest BCUT2D eigenvalue weighted by atomic mass is 9.97. The number of aryl methyl sites for hydroxylation is 1. The van der Waals surface area contributed by atoms with E-state index in [1.165, 1.54) is 23.4 Å². The first-order valence-corrected chi connectivity index (χ1v) is 12.8. The minimum Gasteiger partial charge on any atom is -0.326 e. The first-order chi connectivity index (χ1) is 17.9. The van der Waals surface area contributed by atoms with Gasteiger partial charge in [0.15, 0.2) is 16.8 Å². The van der Waals surface area contributed by atoms with Crippen molar-refractivity contribution < 1.29 is 18.4 Å². The number of nitrogens with zero attached hydrogens (tertiary/aromatic N) is 3. The fraction of sp³-hybridized carbons (Fsp3) is 0.214. The van der Waals surface area contributed by atoms with Gasteiger partial charge in [-0.1, -0.05) is 73.3 Å². The van der Waals surface area contributed by atoms with Crippen molar-refractivity contribution in [1.82, 2.24) is 5.01 Å². The van der Waals surface area contributed by atoms with Crippen molar-refractivity contribution in [2.75, 3.05) is 5.32 Å². The molecule has 3 aromatic rings. The average Bonchev–Trinajstić information content (AvgIpc) is 3.51. The maximum atomic E-state index is 13.5. The number of amidine groups is 1. The number of rotatable bonds is 6. The normalized spacial score (nSPS) is 19.1. The lowest BCUT2D eigenvalue weighted by molar-refractivity contribution is -0.121. The summed E-state index contributed by atoms with van der Waals surface area (Å²) in [6, 6.07) is 21.2. The van der Waals surface area contributed by atoms with E-state index in [2.05, 4.69) is 41.5 Å². The van der Waals surface area contributed by atoms with Gasteiger partial charge in [0.2, 0.25) is 5.91 Å². The van der Waals surface area contributed by atoms with Gasteiger partial charge >= 0.3 is 0 Å². The minimum absolute atomic E-state index is 0.118. The first kappa shape index (κ1) is 24.8. The predicted molar refractivity (Wildman–Crippen MR) is 141 cm³/mol. The van der Waals surface area contributed by atoms with Gasteiger partial charge in [-0.05, 0) is 35.2 Å². The number of carbonyl (C=O) groups excluding carboxylic acids is 2. The van der Waals surface area contributed by atoms with Crippen LogP contribution in [0.2, 0.25) is 0 Å². The Morgan fingerprint density at radius 1 is 1.05 bits per heavy atom. The molecule has 0 spiro atoms. The SMILES string of the molecule is CCc1ccc([C@@H]2CC(c3ccccc3)=NN2C2=NC(=O)[C@H](CC(=O)Nc3ccc(F)c(F)c3)S2)cc1. The van der Waals surface area contributed by atoms with Gasteiger partial charge in [0.25, 0.3) is 5.91 Å². The number of nitrogens with one attached hydrogen (secondary N) is 1. The molecule has 6 nitrogen and oxygen atoms in total. The van der Waals surface area contributed by atoms with Crippen LogP contribution >= 0.6 is 11.8 Å². The van der Waals surface area contributed by atoms with E-state index in [0.717, 1.165) is 35.4 Å². The second-order valence-corrected chi connectivity index (χ2v) is 9.96. The number of thioether (sulfide) groups is 1. The summed E-state index contributed by atoms with van der Waals surface area (Å²) in [6.07, 6.45) is 1.42. The van der Waals surface area contributed by atoms with Crippen molar-refractivity contribution in [1.29, 1.82) is 0 Å². The van der Waals surface area contributed by atoms with E-state index in [9.17, 15) is 18.4 Å². The van der Waals surface area contributed by atoms with E-state index in [1.807, 2.05) is 30.3 Å². The molecule has 3 aromatic carbocycles. The molecule has 0 aromatic heterocycles. The van der Waals surface area contributed by atoms with Gasteiger partial charge in [-0.2, -0.15) is 10.1 Å². The summed E-state index contributed by atoms with van der Waals surface area (Å²) in [5.74, 6) is -2.98. The molecule has 5 rings (SSSR count). The molecule has 2 aliphatic heterocycles. The summed E-state index contributed by atoms with van der Waals surface area (Å²) in [5.41, 5.74) is 4.29.